The molecule has 8 heteroatoms. The van der Waals surface area contributed by atoms with Crippen LogP contribution in [0.15, 0.2) is 54.2 Å². The number of nitrogens with one attached hydrogen (secondary N) is 1. The number of rotatable bonds is 4. The van der Waals surface area contributed by atoms with Gasteiger partial charge in [0, 0.05) is 38.9 Å². The minimum Gasteiger partial charge on any atom is -0.335 e. The Morgan fingerprint density at radius 2 is 2.04 bits per heavy atom. The average molecular weight is 392 g/mol. The number of hydrogen-bond acceptors (Lipinski definition) is 5. The van der Waals surface area contributed by atoms with Gasteiger partial charge in [-0.3, -0.25) is 14.8 Å². The number of nitrogens with zero attached hydrogens (tertiary/aromatic N) is 5. The van der Waals surface area contributed by atoms with E-state index in [1.165, 1.54) is 5.69 Å². The van der Waals surface area contributed by atoms with Crippen LogP contribution in [-0.4, -0.2) is 61.5 Å². The maximum Gasteiger partial charge on any atom is 0.274 e. The molecule has 0 saturated carbocycles. The van der Waals surface area contributed by atoms with Crippen molar-refractivity contribution in [1.29, 1.82) is 0 Å². The standard InChI is InChI=1S/C20H20N6OS/c27-20(17-12-16(22-23-17)18-4-3-11-28-18)25-9-7-24(8-10-25)14-15-13-21-19-5-1-2-6-26(15)19/h1-6,11-13H,7-10,14H2,(H,22,23). The summed E-state index contributed by atoms with van der Waals surface area (Å²) in [6.07, 6.45) is 3.98. The number of pyridine rings is 1. The van der Waals surface area contributed by atoms with Crippen LogP contribution in [-0.2, 0) is 6.54 Å². The van der Waals surface area contributed by atoms with Gasteiger partial charge in [0.1, 0.15) is 5.65 Å². The number of carbonyl (C=O) groups is 1. The van der Waals surface area contributed by atoms with E-state index >= 15 is 0 Å². The molecule has 0 spiro atoms. The van der Waals surface area contributed by atoms with Gasteiger partial charge in [-0.15, -0.1) is 11.3 Å². The molecule has 5 rings (SSSR count). The number of aromatic amines is 1. The average Bonchev–Trinajstić information content (AvgIpc) is 3.49. The zero-order valence-corrected chi connectivity index (χ0v) is 16.1. The van der Waals surface area contributed by atoms with E-state index in [0.717, 1.165) is 35.9 Å². The molecule has 0 unspecified atom stereocenters. The predicted octanol–water partition coefficient (Wildman–Crippen LogP) is 2.74. The van der Waals surface area contributed by atoms with Gasteiger partial charge in [-0.05, 0) is 29.6 Å². The molecule has 1 aliphatic rings. The fourth-order valence-corrected chi connectivity index (χ4v) is 4.28. The van der Waals surface area contributed by atoms with Gasteiger partial charge in [-0.2, -0.15) is 5.10 Å². The Bertz CT molecular complexity index is 1090. The predicted molar refractivity (Wildman–Crippen MR) is 108 cm³/mol. The lowest BCUT2D eigenvalue weighted by molar-refractivity contribution is 0.0621. The summed E-state index contributed by atoms with van der Waals surface area (Å²) in [6.45, 7) is 3.92. The second-order valence-corrected chi connectivity index (χ2v) is 7.84. The van der Waals surface area contributed by atoms with Crippen LogP contribution in [0.25, 0.3) is 16.2 Å². The van der Waals surface area contributed by atoms with Crippen molar-refractivity contribution in [3.63, 3.8) is 0 Å². The van der Waals surface area contributed by atoms with Gasteiger partial charge < -0.3 is 9.30 Å². The third kappa shape index (κ3) is 3.21. The summed E-state index contributed by atoms with van der Waals surface area (Å²) in [5, 5.41) is 9.22. The summed E-state index contributed by atoms with van der Waals surface area (Å²) >= 11 is 1.63. The molecule has 0 atom stereocenters. The molecule has 4 aromatic heterocycles. The topological polar surface area (TPSA) is 69.5 Å². The number of carbonyl (C=O) groups excluding carboxylic acids is 1. The van der Waals surface area contributed by atoms with E-state index in [-0.39, 0.29) is 5.91 Å². The van der Waals surface area contributed by atoms with E-state index in [4.69, 9.17) is 0 Å². The van der Waals surface area contributed by atoms with Crippen molar-refractivity contribution in [2.24, 2.45) is 0 Å². The van der Waals surface area contributed by atoms with E-state index in [0.29, 0.717) is 18.8 Å². The number of piperazine rings is 1. The molecule has 0 aliphatic carbocycles. The van der Waals surface area contributed by atoms with Crippen LogP contribution in [0.3, 0.4) is 0 Å². The molecule has 7 nitrogen and oxygen atoms in total. The van der Waals surface area contributed by atoms with Crippen LogP contribution in [0.1, 0.15) is 16.2 Å². The van der Waals surface area contributed by atoms with Crippen molar-refractivity contribution < 1.29 is 4.79 Å². The second kappa shape index (κ2) is 7.21. The number of aromatic nitrogens is 4. The Morgan fingerprint density at radius 3 is 2.86 bits per heavy atom. The molecule has 1 fully saturated rings. The first-order valence-corrected chi connectivity index (χ1v) is 10.2. The van der Waals surface area contributed by atoms with Crippen molar-refractivity contribution >= 4 is 22.9 Å². The van der Waals surface area contributed by atoms with E-state index in [2.05, 4.69) is 24.5 Å². The lowest BCUT2D eigenvalue weighted by Gasteiger charge is -2.34. The maximum atomic E-state index is 12.8. The molecule has 142 valence electrons. The Morgan fingerprint density at radius 1 is 1.14 bits per heavy atom. The first kappa shape index (κ1) is 17.2. The molecule has 28 heavy (non-hydrogen) atoms. The molecule has 0 radical (unpaired) electrons. The Balaban J connectivity index is 1.21. The van der Waals surface area contributed by atoms with Gasteiger partial charge in [0.2, 0.25) is 0 Å². The van der Waals surface area contributed by atoms with Gasteiger partial charge in [0.05, 0.1) is 22.5 Å². The normalized spacial score (nSPS) is 15.4. The maximum absolute atomic E-state index is 12.8. The third-order valence-corrected chi connectivity index (χ3v) is 6.03. The number of H-pyrrole nitrogens is 1. The van der Waals surface area contributed by atoms with Crippen LogP contribution < -0.4 is 0 Å². The fourth-order valence-electron chi connectivity index (χ4n) is 3.59. The Kier molecular flexibility index (Phi) is 4.42. The number of thiophene rings is 1. The molecule has 0 bridgehead atoms. The van der Waals surface area contributed by atoms with Crippen LogP contribution in [0.2, 0.25) is 0 Å². The van der Waals surface area contributed by atoms with E-state index < -0.39 is 0 Å². The number of fused-ring (bicyclic) bond motifs is 1. The van der Waals surface area contributed by atoms with Crippen LogP contribution in [0.4, 0.5) is 0 Å². The summed E-state index contributed by atoms with van der Waals surface area (Å²) in [7, 11) is 0. The lowest BCUT2D eigenvalue weighted by Crippen LogP contribution is -2.48. The first-order chi connectivity index (χ1) is 13.8. The van der Waals surface area contributed by atoms with Crippen molar-refractivity contribution in [2.45, 2.75) is 6.54 Å². The summed E-state index contributed by atoms with van der Waals surface area (Å²) in [6, 6.07) is 11.9. The van der Waals surface area contributed by atoms with Crippen molar-refractivity contribution in [1.82, 2.24) is 29.4 Å². The van der Waals surface area contributed by atoms with Gasteiger partial charge in [-0.1, -0.05) is 12.1 Å². The molecular weight excluding hydrogens is 372 g/mol. The zero-order valence-electron chi connectivity index (χ0n) is 15.3. The highest BCUT2D eigenvalue weighted by molar-refractivity contribution is 7.13. The number of imidazole rings is 1. The van der Waals surface area contributed by atoms with Gasteiger partial charge in [0.25, 0.3) is 5.91 Å². The Labute approximate surface area is 166 Å². The van der Waals surface area contributed by atoms with Gasteiger partial charge in [-0.25, -0.2) is 4.98 Å². The minimum absolute atomic E-state index is 0.00601. The molecule has 0 aromatic carbocycles. The van der Waals surface area contributed by atoms with E-state index in [1.54, 1.807) is 11.3 Å². The zero-order chi connectivity index (χ0) is 18.9. The summed E-state index contributed by atoms with van der Waals surface area (Å²) in [4.78, 5) is 22.6. The summed E-state index contributed by atoms with van der Waals surface area (Å²) in [5.41, 5.74) is 3.51. The first-order valence-electron chi connectivity index (χ1n) is 9.30. The largest absolute Gasteiger partial charge is 0.335 e. The van der Waals surface area contributed by atoms with Gasteiger partial charge >= 0.3 is 0 Å². The minimum atomic E-state index is -0.00601. The van der Waals surface area contributed by atoms with Crippen molar-refractivity contribution in [2.75, 3.05) is 26.2 Å². The highest BCUT2D eigenvalue weighted by atomic mass is 32.1. The number of hydrogen-bond donors (Lipinski definition) is 1. The highest BCUT2D eigenvalue weighted by Gasteiger charge is 2.24. The van der Waals surface area contributed by atoms with Gasteiger partial charge in [0.15, 0.2) is 5.69 Å². The molecule has 1 saturated heterocycles. The van der Waals surface area contributed by atoms with Crippen LogP contribution in [0, 0.1) is 0 Å². The summed E-state index contributed by atoms with van der Waals surface area (Å²) in [5.74, 6) is -0.00601. The Hall–Kier alpha value is -2.97. The molecule has 1 aliphatic heterocycles. The lowest BCUT2D eigenvalue weighted by atomic mass is 10.2. The van der Waals surface area contributed by atoms with Crippen molar-refractivity contribution in [3.05, 3.63) is 65.6 Å². The molecular formula is C20H20N6OS. The number of amides is 1. The SMILES string of the molecule is O=C(c1cc(-c2cccs2)[nH]n1)N1CCN(Cc2cnc3ccccn23)CC1. The monoisotopic (exact) mass is 392 g/mol. The van der Waals surface area contributed by atoms with E-state index in [9.17, 15) is 4.79 Å². The molecule has 5 heterocycles. The third-order valence-electron chi connectivity index (χ3n) is 5.12. The molecule has 1 N–H and O–H groups in total. The fraction of sp³-hybridized carbons (Fsp3) is 0.250. The van der Waals surface area contributed by atoms with Crippen LogP contribution in [0.5, 0.6) is 0 Å². The van der Waals surface area contributed by atoms with Crippen LogP contribution >= 0.6 is 11.3 Å². The van der Waals surface area contributed by atoms with Crippen molar-refractivity contribution in [3.8, 4) is 10.6 Å². The highest BCUT2D eigenvalue weighted by Crippen LogP contribution is 2.23. The quantitative estimate of drug-likeness (QED) is 0.580. The van der Waals surface area contributed by atoms with E-state index in [1.807, 2.05) is 59.1 Å². The molecule has 4 aromatic rings. The molecule has 1 amide bonds. The summed E-state index contributed by atoms with van der Waals surface area (Å²) < 4.78 is 2.12. The smallest absolute Gasteiger partial charge is 0.274 e. The second-order valence-electron chi connectivity index (χ2n) is 6.89.